The van der Waals surface area contributed by atoms with Crippen LogP contribution in [0.3, 0.4) is 0 Å². The van der Waals surface area contributed by atoms with Crippen molar-refractivity contribution in [1.29, 1.82) is 0 Å². The number of aliphatic hydroxyl groups excluding tert-OH is 1. The molecule has 17 nitrogen and oxygen atoms in total. The van der Waals surface area contributed by atoms with Gasteiger partial charge in [0.1, 0.15) is 19.3 Å². The van der Waals surface area contributed by atoms with Crippen LogP contribution in [0, 0.1) is 11.8 Å². The van der Waals surface area contributed by atoms with Gasteiger partial charge in [0.25, 0.3) is 0 Å². The van der Waals surface area contributed by atoms with Crippen molar-refractivity contribution in [1.82, 2.24) is 0 Å². The molecule has 0 heterocycles. The van der Waals surface area contributed by atoms with E-state index in [0.717, 1.165) is 115 Å². The number of allylic oxidation sites excluding steroid dienone is 4. The smallest absolute Gasteiger partial charge is 0.462 e. The summed E-state index contributed by atoms with van der Waals surface area (Å²) < 4.78 is 68.8. The summed E-state index contributed by atoms with van der Waals surface area (Å²) in [4.78, 5) is 73.1. The van der Waals surface area contributed by atoms with Crippen molar-refractivity contribution in [3.8, 4) is 0 Å². The summed E-state index contributed by atoms with van der Waals surface area (Å²) in [6.07, 6.45) is 70.3. The molecule has 0 aliphatic heterocycles. The average molecular weight is 1520 g/mol. The van der Waals surface area contributed by atoms with Crippen LogP contribution in [0.2, 0.25) is 0 Å². The molecular weight excluding hydrogens is 1350 g/mol. The van der Waals surface area contributed by atoms with E-state index in [-0.39, 0.29) is 25.7 Å². The molecule has 0 aromatic carbocycles. The number of unbranched alkanes of at least 4 members (excludes halogenated alkanes) is 48. The van der Waals surface area contributed by atoms with Crippen molar-refractivity contribution in [3.63, 3.8) is 0 Å². The van der Waals surface area contributed by atoms with Crippen LogP contribution < -0.4 is 0 Å². The quantitative estimate of drug-likeness (QED) is 0.0169. The van der Waals surface area contributed by atoms with E-state index in [1.54, 1.807) is 0 Å². The third-order valence-corrected chi connectivity index (χ3v) is 21.6. The molecule has 6 atom stereocenters. The van der Waals surface area contributed by atoms with Gasteiger partial charge in [0.15, 0.2) is 12.2 Å². The van der Waals surface area contributed by atoms with Crippen LogP contribution in [0.25, 0.3) is 0 Å². The number of rotatable bonds is 82. The SMILES string of the molecule is CCCCCC/C=C\C=C/CCCCCCCC(=O)O[C@H](COC(=O)CCCCCCCCCC(C)C)COP(=O)(O)OC[C@H](O)COP(=O)(O)OC[C@@H](COC(=O)CCCCCCCCCCCCCCCCCCC)OC(=O)CCCCCCCCCCCCCCCCCCCCC(C)CC. The van der Waals surface area contributed by atoms with Crippen LogP contribution in [-0.2, 0) is 65.4 Å². The standard InChI is InChI=1S/C85H162O17P2/c1-7-10-12-14-16-18-20-22-24-27-32-35-39-43-49-55-61-67-82(87)95-73-80(101-84(89)70-64-58-51-45-41-37-33-29-26-25-28-31-34-38-42-48-54-60-66-78(6)9-3)75-99-103(91,92)97-71-79(86)72-98-104(93,94)100-76-81(74-96-83(88)68-62-56-52-46-47-53-59-65-77(4)5)102-85(90)69-63-57-50-44-40-36-30-23-21-19-17-15-13-11-8-2/h19,21,23,30,77-81,86H,7-18,20,22,24-29,31-76H2,1-6H3,(H,91,92)(H,93,94)/b21-19-,30-23-/t78?,79-,80-,81-/m1/s1. The fraction of sp³-hybridized carbons (Fsp3) is 0.906. The van der Waals surface area contributed by atoms with Gasteiger partial charge in [0.2, 0.25) is 0 Å². The number of phosphoric ester groups is 2. The molecule has 0 amide bonds. The van der Waals surface area contributed by atoms with Crippen molar-refractivity contribution in [3.05, 3.63) is 24.3 Å². The molecular formula is C85H162O17P2. The van der Waals surface area contributed by atoms with E-state index in [4.69, 9.17) is 37.0 Å². The molecule has 0 aliphatic rings. The molecule has 0 radical (unpaired) electrons. The predicted octanol–water partition coefficient (Wildman–Crippen LogP) is 25.4. The second-order valence-corrected chi connectivity index (χ2v) is 33.5. The highest BCUT2D eigenvalue weighted by atomic mass is 31.2. The zero-order valence-electron chi connectivity index (χ0n) is 67.8. The fourth-order valence-electron chi connectivity index (χ4n) is 12.7. The first-order valence-electron chi connectivity index (χ1n) is 43.3. The second kappa shape index (κ2) is 75.9. The number of hydrogen-bond donors (Lipinski definition) is 3. The molecule has 19 heteroatoms. The Morgan fingerprint density at radius 2 is 0.567 bits per heavy atom. The van der Waals surface area contributed by atoms with Gasteiger partial charge >= 0.3 is 39.5 Å². The highest BCUT2D eigenvalue weighted by Gasteiger charge is 2.30. The van der Waals surface area contributed by atoms with Crippen LogP contribution in [0.4, 0.5) is 0 Å². The Balaban J connectivity index is 5.25. The summed E-state index contributed by atoms with van der Waals surface area (Å²) in [7, 11) is -9.94. The maximum atomic E-state index is 13.1. The summed E-state index contributed by atoms with van der Waals surface area (Å²) in [6.45, 7) is 9.60. The van der Waals surface area contributed by atoms with Crippen molar-refractivity contribution >= 4 is 39.5 Å². The fourth-order valence-corrected chi connectivity index (χ4v) is 14.3. The van der Waals surface area contributed by atoms with Gasteiger partial charge in [0.05, 0.1) is 26.4 Å². The van der Waals surface area contributed by atoms with Crippen LogP contribution in [0.15, 0.2) is 24.3 Å². The highest BCUT2D eigenvalue weighted by Crippen LogP contribution is 2.45. The number of esters is 4. The molecule has 104 heavy (non-hydrogen) atoms. The normalized spacial score (nSPS) is 14.2. The van der Waals surface area contributed by atoms with E-state index in [9.17, 15) is 43.2 Å². The first-order chi connectivity index (χ1) is 50.4. The van der Waals surface area contributed by atoms with Crippen molar-refractivity contribution in [2.45, 2.75) is 445 Å². The van der Waals surface area contributed by atoms with E-state index in [1.807, 2.05) is 0 Å². The lowest BCUT2D eigenvalue weighted by Gasteiger charge is -2.21. The number of ether oxygens (including phenoxy) is 4. The Bertz CT molecular complexity index is 2090. The Morgan fingerprint density at radius 3 is 0.865 bits per heavy atom. The molecule has 0 fully saturated rings. The molecule has 3 unspecified atom stereocenters. The summed E-state index contributed by atoms with van der Waals surface area (Å²) in [5, 5.41) is 10.7. The van der Waals surface area contributed by atoms with Gasteiger partial charge in [-0.1, -0.05) is 374 Å². The van der Waals surface area contributed by atoms with Crippen molar-refractivity contribution in [2.24, 2.45) is 11.8 Å². The monoisotopic (exact) mass is 1520 g/mol. The third kappa shape index (κ3) is 76.3. The molecule has 0 aliphatic carbocycles. The van der Waals surface area contributed by atoms with Gasteiger partial charge in [-0.05, 0) is 63.2 Å². The summed E-state index contributed by atoms with van der Waals surface area (Å²) in [5.41, 5.74) is 0. The first kappa shape index (κ1) is 102. The summed E-state index contributed by atoms with van der Waals surface area (Å²) >= 11 is 0. The largest absolute Gasteiger partial charge is 0.472 e. The predicted molar refractivity (Wildman–Crippen MR) is 427 cm³/mol. The number of phosphoric acid groups is 2. The minimum atomic E-state index is -4.97. The average Bonchev–Trinajstić information content (AvgIpc) is 0.907. The van der Waals surface area contributed by atoms with Gasteiger partial charge < -0.3 is 33.8 Å². The van der Waals surface area contributed by atoms with Crippen LogP contribution in [0.1, 0.15) is 427 Å². The maximum Gasteiger partial charge on any atom is 0.472 e. The summed E-state index contributed by atoms with van der Waals surface area (Å²) in [5.74, 6) is -0.564. The summed E-state index contributed by atoms with van der Waals surface area (Å²) in [6, 6.07) is 0. The van der Waals surface area contributed by atoms with E-state index >= 15 is 0 Å². The zero-order valence-corrected chi connectivity index (χ0v) is 69.6. The number of carbonyl (C=O) groups is 4. The minimum absolute atomic E-state index is 0.0845. The topological polar surface area (TPSA) is 237 Å². The molecule has 0 saturated heterocycles. The molecule has 0 rings (SSSR count). The maximum absolute atomic E-state index is 13.1. The van der Waals surface area contributed by atoms with Crippen molar-refractivity contribution < 1.29 is 80.2 Å². The number of carbonyl (C=O) groups excluding carboxylic acids is 4. The van der Waals surface area contributed by atoms with E-state index in [0.29, 0.717) is 31.6 Å². The lowest BCUT2D eigenvalue weighted by molar-refractivity contribution is -0.161. The number of aliphatic hydroxyl groups is 1. The van der Waals surface area contributed by atoms with E-state index < -0.39 is 97.5 Å². The van der Waals surface area contributed by atoms with Gasteiger partial charge in [-0.25, -0.2) is 9.13 Å². The minimum Gasteiger partial charge on any atom is -0.462 e. The molecule has 0 saturated carbocycles. The number of hydrogen-bond acceptors (Lipinski definition) is 15. The van der Waals surface area contributed by atoms with Crippen LogP contribution >= 0.6 is 15.6 Å². The van der Waals surface area contributed by atoms with Crippen LogP contribution in [0.5, 0.6) is 0 Å². The lowest BCUT2D eigenvalue weighted by atomic mass is 9.99. The van der Waals surface area contributed by atoms with E-state index in [1.165, 1.54) is 225 Å². The molecule has 3 N–H and O–H groups in total. The Morgan fingerprint density at radius 1 is 0.317 bits per heavy atom. The van der Waals surface area contributed by atoms with Gasteiger partial charge in [-0.15, -0.1) is 0 Å². The Hall–Kier alpha value is -2.46. The third-order valence-electron chi connectivity index (χ3n) is 19.7. The Labute approximate surface area is 637 Å². The van der Waals surface area contributed by atoms with Gasteiger partial charge in [-0.2, -0.15) is 0 Å². The molecule has 614 valence electrons. The molecule has 0 spiro atoms. The zero-order chi connectivity index (χ0) is 76.4. The van der Waals surface area contributed by atoms with Gasteiger partial charge in [0, 0.05) is 25.7 Å². The highest BCUT2D eigenvalue weighted by molar-refractivity contribution is 7.47. The van der Waals surface area contributed by atoms with Crippen LogP contribution in [-0.4, -0.2) is 96.7 Å². The van der Waals surface area contributed by atoms with Gasteiger partial charge in [-0.3, -0.25) is 37.3 Å². The first-order valence-corrected chi connectivity index (χ1v) is 46.3. The lowest BCUT2D eigenvalue weighted by Crippen LogP contribution is -2.30. The van der Waals surface area contributed by atoms with Crippen molar-refractivity contribution in [2.75, 3.05) is 39.6 Å². The Kier molecular flexibility index (Phi) is 74.1. The molecule has 0 aromatic rings. The molecule has 0 aromatic heterocycles. The molecule has 0 bridgehead atoms. The van der Waals surface area contributed by atoms with E-state index in [2.05, 4.69) is 65.8 Å². The second-order valence-electron chi connectivity index (χ2n) is 30.6.